The molecular formula is C9H9NO6S. The first kappa shape index (κ1) is 13.1. The zero-order valence-corrected chi connectivity index (χ0v) is 9.85. The Kier molecular flexibility index (Phi) is 3.47. The van der Waals surface area contributed by atoms with Gasteiger partial charge in [0.1, 0.15) is 4.90 Å². The number of ether oxygens (including phenoxy) is 1. The number of esters is 1. The maximum Gasteiger partial charge on any atom is 0.338 e. The Morgan fingerprint density at radius 2 is 2.00 bits per heavy atom. The molecule has 0 N–H and O–H groups in total. The predicted octanol–water partition coefficient (Wildman–Crippen LogP) is 0.785. The number of sulfone groups is 1. The number of hydrogen-bond donors (Lipinski definition) is 0. The Balaban J connectivity index is 3.48. The van der Waals surface area contributed by atoms with Crippen LogP contribution < -0.4 is 0 Å². The first-order valence-corrected chi connectivity index (χ1v) is 6.23. The smallest absolute Gasteiger partial charge is 0.338 e. The summed E-state index contributed by atoms with van der Waals surface area (Å²) in [6.07, 6.45) is 0.854. The van der Waals surface area contributed by atoms with Gasteiger partial charge in [-0.3, -0.25) is 10.1 Å². The average molecular weight is 259 g/mol. The molecular weight excluding hydrogens is 250 g/mol. The van der Waals surface area contributed by atoms with Crippen molar-refractivity contribution in [3.63, 3.8) is 0 Å². The fourth-order valence-corrected chi connectivity index (χ4v) is 2.05. The molecule has 0 fully saturated rings. The van der Waals surface area contributed by atoms with Gasteiger partial charge < -0.3 is 4.74 Å². The summed E-state index contributed by atoms with van der Waals surface area (Å²) >= 11 is 0. The van der Waals surface area contributed by atoms with E-state index in [4.69, 9.17) is 0 Å². The van der Waals surface area contributed by atoms with Crippen LogP contribution >= 0.6 is 0 Å². The summed E-state index contributed by atoms with van der Waals surface area (Å²) in [5.74, 6) is -0.770. The van der Waals surface area contributed by atoms with E-state index in [2.05, 4.69) is 4.74 Å². The van der Waals surface area contributed by atoms with Gasteiger partial charge in [0, 0.05) is 12.3 Å². The maximum atomic E-state index is 11.3. The van der Waals surface area contributed by atoms with Crippen molar-refractivity contribution in [3.05, 3.63) is 33.9 Å². The lowest BCUT2D eigenvalue weighted by Crippen LogP contribution is -2.06. The van der Waals surface area contributed by atoms with Gasteiger partial charge in [0.15, 0.2) is 9.84 Å². The molecule has 0 amide bonds. The molecule has 0 saturated carbocycles. The summed E-state index contributed by atoms with van der Waals surface area (Å²) in [6, 6.07) is 3.05. The van der Waals surface area contributed by atoms with Crippen LogP contribution in [0.3, 0.4) is 0 Å². The summed E-state index contributed by atoms with van der Waals surface area (Å²) in [7, 11) is -2.60. The van der Waals surface area contributed by atoms with Crippen LogP contribution in [0.5, 0.6) is 0 Å². The molecule has 0 heterocycles. The van der Waals surface area contributed by atoms with Crippen LogP contribution in [0.15, 0.2) is 23.1 Å². The number of hydrogen-bond acceptors (Lipinski definition) is 6. The van der Waals surface area contributed by atoms with Gasteiger partial charge in [0.2, 0.25) is 0 Å². The number of benzene rings is 1. The van der Waals surface area contributed by atoms with Crippen molar-refractivity contribution in [2.75, 3.05) is 13.4 Å². The van der Waals surface area contributed by atoms with Crippen LogP contribution in [0, 0.1) is 10.1 Å². The number of nitro groups is 1. The molecule has 1 aromatic carbocycles. The fraction of sp³-hybridized carbons (Fsp3) is 0.222. The molecule has 7 nitrogen and oxygen atoms in total. The second-order valence-electron chi connectivity index (χ2n) is 3.20. The van der Waals surface area contributed by atoms with E-state index in [-0.39, 0.29) is 5.56 Å². The van der Waals surface area contributed by atoms with E-state index >= 15 is 0 Å². The Morgan fingerprint density at radius 3 is 2.41 bits per heavy atom. The molecule has 0 unspecified atom stereocenters. The van der Waals surface area contributed by atoms with Crippen molar-refractivity contribution in [1.29, 1.82) is 0 Å². The summed E-state index contributed by atoms with van der Waals surface area (Å²) in [4.78, 5) is 20.6. The molecule has 17 heavy (non-hydrogen) atoms. The lowest BCUT2D eigenvalue weighted by atomic mass is 10.2. The highest BCUT2D eigenvalue weighted by Crippen LogP contribution is 2.25. The maximum absolute atomic E-state index is 11.3. The minimum absolute atomic E-state index is 0.0772. The van der Waals surface area contributed by atoms with Gasteiger partial charge in [-0.25, -0.2) is 13.2 Å². The summed E-state index contributed by atoms with van der Waals surface area (Å²) in [5.41, 5.74) is -0.720. The Bertz CT molecular complexity index is 577. The molecule has 0 aliphatic carbocycles. The molecule has 0 aliphatic heterocycles. The third-order valence-corrected chi connectivity index (χ3v) is 3.12. The molecule has 1 rings (SSSR count). The topological polar surface area (TPSA) is 104 Å². The molecule has 92 valence electrons. The van der Waals surface area contributed by atoms with Crippen molar-refractivity contribution in [2.45, 2.75) is 4.90 Å². The molecule has 0 saturated heterocycles. The van der Waals surface area contributed by atoms with Crippen LogP contribution in [-0.2, 0) is 14.6 Å². The van der Waals surface area contributed by atoms with Crippen LogP contribution in [-0.4, -0.2) is 32.7 Å². The molecule has 0 spiro atoms. The second-order valence-corrected chi connectivity index (χ2v) is 5.19. The SMILES string of the molecule is COC(=O)c1ccc(S(C)(=O)=O)c([N+](=O)[O-])c1. The molecule has 1 aromatic rings. The first-order valence-electron chi connectivity index (χ1n) is 4.34. The van der Waals surface area contributed by atoms with E-state index in [1.54, 1.807) is 0 Å². The highest BCUT2D eigenvalue weighted by molar-refractivity contribution is 7.90. The number of methoxy groups -OCH3 is 1. The predicted molar refractivity (Wildman–Crippen MR) is 57.5 cm³/mol. The highest BCUT2D eigenvalue weighted by Gasteiger charge is 2.24. The number of nitrogens with zero attached hydrogens (tertiary/aromatic N) is 1. The molecule has 8 heteroatoms. The zero-order chi connectivity index (χ0) is 13.2. The van der Waals surface area contributed by atoms with Crippen molar-refractivity contribution in [1.82, 2.24) is 0 Å². The van der Waals surface area contributed by atoms with Crippen molar-refractivity contribution >= 4 is 21.5 Å². The largest absolute Gasteiger partial charge is 0.465 e. The zero-order valence-electron chi connectivity index (χ0n) is 9.04. The van der Waals surface area contributed by atoms with Crippen LogP contribution in [0.2, 0.25) is 0 Å². The first-order chi connectivity index (χ1) is 7.77. The third-order valence-electron chi connectivity index (χ3n) is 1.98. The van der Waals surface area contributed by atoms with E-state index in [0.717, 1.165) is 31.6 Å². The Morgan fingerprint density at radius 1 is 1.41 bits per heavy atom. The number of nitro benzene ring substituents is 1. The van der Waals surface area contributed by atoms with Gasteiger partial charge in [-0.2, -0.15) is 0 Å². The van der Waals surface area contributed by atoms with Gasteiger partial charge in [-0.1, -0.05) is 0 Å². The molecule has 0 aliphatic rings. The van der Waals surface area contributed by atoms with Crippen molar-refractivity contribution < 1.29 is 22.9 Å². The van der Waals surface area contributed by atoms with Crippen LogP contribution in [0.4, 0.5) is 5.69 Å². The summed E-state index contributed by atoms with van der Waals surface area (Å²) in [6.45, 7) is 0. The van der Waals surface area contributed by atoms with E-state index < -0.39 is 31.3 Å². The van der Waals surface area contributed by atoms with Gasteiger partial charge in [0.25, 0.3) is 5.69 Å². The third kappa shape index (κ3) is 2.78. The fourth-order valence-electron chi connectivity index (χ4n) is 1.22. The minimum atomic E-state index is -3.72. The standard InChI is InChI=1S/C9H9NO6S/c1-16-9(11)6-3-4-8(17(2,14)15)7(5-6)10(12)13/h3-5H,1-2H3. The van der Waals surface area contributed by atoms with Crippen molar-refractivity contribution in [3.8, 4) is 0 Å². The van der Waals surface area contributed by atoms with Gasteiger partial charge in [-0.05, 0) is 12.1 Å². The molecule has 0 aromatic heterocycles. The monoisotopic (exact) mass is 259 g/mol. The number of rotatable bonds is 3. The van der Waals surface area contributed by atoms with Gasteiger partial charge >= 0.3 is 5.97 Å². The van der Waals surface area contributed by atoms with Gasteiger partial charge in [0.05, 0.1) is 17.6 Å². The minimum Gasteiger partial charge on any atom is -0.465 e. The molecule has 0 radical (unpaired) electrons. The van der Waals surface area contributed by atoms with E-state index in [9.17, 15) is 23.3 Å². The lowest BCUT2D eigenvalue weighted by Gasteiger charge is -2.03. The van der Waals surface area contributed by atoms with Crippen molar-refractivity contribution in [2.24, 2.45) is 0 Å². The van der Waals surface area contributed by atoms with E-state index in [1.165, 1.54) is 0 Å². The number of carbonyl (C=O) groups is 1. The van der Waals surface area contributed by atoms with E-state index in [0.29, 0.717) is 0 Å². The highest BCUT2D eigenvalue weighted by atomic mass is 32.2. The summed E-state index contributed by atoms with van der Waals surface area (Å²) in [5, 5.41) is 10.7. The quantitative estimate of drug-likeness (QED) is 0.451. The van der Waals surface area contributed by atoms with E-state index in [1.807, 2.05) is 0 Å². The van der Waals surface area contributed by atoms with Crippen LogP contribution in [0.1, 0.15) is 10.4 Å². The Hall–Kier alpha value is -1.96. The van der Waals surface area contributed by atoms with Gasteiger partial charge in [-0.15, -0.1) is 0 Å². The van der Waals surface area contributed by atoms with Crippen LogP contribution in [0.25, 0.3) is 0 Å². The Labute approximate surface area is 97.1 Å². The molecule has 0 bridgehead atoms. The summed E-state index contributed by atoms with van der Waals surface area (Å²) < 4.78 is 27.0. The lowest BCUT2D eigenvalue weighted by molar-refractivity contribution is -0.387. The second kappa shape index (κ2) is 4.50. The molecule has 0 atom stereocenters. The normalized spacial score (nSPS) is 10.9. The average Bonchev–Trinajstić information content (AvgIpc) is 2.25. The number of carbonyl (C=O) groups excluding carboxylic acids is 1.